The minimum atomic E-state index is -4.01. The highest BCUT2D eigenvalue weighted by Crippen LogP contribution is 2.25. The second-order valence-electron chi connectivity index (χ2n) is 6.22. The summed E-state index contributed by atoms with van der Waals surface area (Å²) < 4.78 is 52.9. The van der Waals surface area contributed by atoms with E-state index in [-0.39, 0.29) is 28.6 Å². The molecule has 0 aliphatic heterocycles. The van der Waals surface area contributed by atoms with Crippen molar-refractivity contribution in [3.05, 3.63) is 79.3 Å². The second-order valence-corrected chi connectivity index (χ2v) is 10.2. The monoisotopic (exact) mass is 431 g/mol. The highest BCUT2D eigenvalue weighted by molar-refractivity contribution is 7.91. The highest BCUT2D eigenvalue weighted by Gasteiger charge is 2.26. The van der Waals surface area contributed by atoms with Gasteiger partial charge < -0.3 is 5.73 Å². The Labute approximate surface area is 170 Å². The van der Waals surface area contributed by atoms with Gasteiger partial charge >= 0.3 is 0 Å². The van der Waals surface area contributed by atoms with Crippen LogP contribution in [0, 0.1) is 0 Å². The lowest BCUT2D eigenvalue weighted by atomic mass is 10.2. The zero-order chi connectivity index (χ0) is 20.9. The fraction of sp³-hybridized carbons (Fsp3) is 0.150. The number of pyridine rings is 1. The lowest BCUT2D eigenvalue weighted by Crippen LogP contribution is -2.31. The molecule has 2 N–H and O–H groups in total. The molecule has 0 saturated carbocycles. The van der Waals surface area contributed by atoms with Gasteiger partial charge in [-0.05, 0) is 24.3 Å². The van der Waals surface area contributed by atoms with Gasteiger partial charge in [0.05, 0.1) is 15.5 Å². The molecule has 0 radical (unpaired) electrons. The molecule has 29 heavy (non-hydrogen) atoms. The van der Waals surface area contributed by atoms with Crippen LogP contribution in [-0.4, -0.2) is 45.0 Å². The van der Waals surface area contributed by atoms with E-state index in [1.54, 1.807) is 42.6 Å². The summed E-state index contributed by atoms with van der Waals surface area (Å²) >= 11 is 0. The molecule has 3 rings (SSSR count). The number of benzene rings is 2. The van der Waals surface area contributed by atoms with Crippen molar-refractivity contribution in [1.82, 2.24) is 9.29 Å². The number of hydrogen-bond donors (Lipinski definition) is 1. The zero-order valence-electron chi connectivity index (χ0n) is 15.5. The standard InChI is InChI=1S/C20H21N3O4S2/c21-11-5-13-23(14-15-28(24,25)18-7-2-1-3-8-18)29(26,27)20-9-4-6-17-16-22-12-10-19(17)20/h1-10,12-13,16H,11,14-15,21H2. The molecule has 0 saturated heterocycles. The molecule has 0 fully saturated rings. The largest absolute Gasteiger partial charge is 0.327 e. The molecule has 0 spiro atoms. The molecule has 0 bridgehead atoms. The van der Waals surface area contributed by atoms with E-state index in [4.69, 9.17) is 5.73 Å². The van der Waals surface area contributed by atoms with Crippen molar-refractivity contribution in [2.45, 2.75) is 9.79 Å². The molecule has 9 heteroatoms. The molecule has 3 aromatic rings. The number of sulfone groups is 1. The summed E-state index contributed by atoms with van der Waals surface area (Å²) in [7, 11) is -7.65. The van der Waals surface area contributed by atoms with E-state index in [2.05, 4.69) is 4.98 Å². The Morgan fingerprint density at radius 3 is 2.45 bits per heavy atom. The Hall–Kier alpha value is -2.75. The molecule has 0 amide bonds. The van der Waals surface area contributed by atoms with Crippen LogP contribution in [0.3, 0.4) is 0 Å². The molecular weight excluding hydrogens is 410 g/mol. The zero-order valence-corrected chi connectivity index (χ0v) is 17.2. The molecule has 1 aromatic heterocycles. The van der Waals surface area contributed by atoms with Gasteiger partial charge in [-0.25, -0.2) is 16.8 Å². The second kappa shape index (κ2) is 8.73. The van der Waals surface area contributed by atoms with Gasteiger partial charge in [-0.1, -0.05) is 36.4 Å². The van der Waals surface area contributed by atoms with E-state index in [1.807, 2.05) is 0 Å². The first-order valence-electron chi connectivity index (χ1n) is 8.85. The Kier molecular flexibility index (Phi) is 6.31. The molecule has 2 aromatic carbocycles. The summed E-state index contributed by atoms with van der Waals surface area (Å²) in [5, 5.41) is 1.19. The summed E-state index contributed by atoms with van der Waals surface area (Å²) in [6.45, 7) is -0.117. The lowest BCUT2D eigenvalue weighted by Gasteiger charge is -2.21. The van der Waals surface area contributed by atoms with Crippen molar-refractivity contribution in [2.24, 2.45) is 5.73 Å². The van der Waals surface area contributed by atoms with Crippen molar-refractivity contribution >= 4 is 30.6 Å². The molecule has 1 heterocycles. The van der Waals surface area contributed by atoms with E-state index in [9.17, 15) is 16.8 Å². The smallest absolute Gasteiger partial charge is 0.264 e. The quantitative estimate of drug-likeness (QED) is 0.585. The number of nitrogens with zero attached hydrogens (tertiary/aromatic N) is 2. The summed E-state index contributed by atoms with van der Waals surface area (Å²) in [6, 6.07) is 14.4. The molecule has 0 aliphatic carbocycles. The maximum atomic E-state index is 13.3. The van der Waals surface area contributed by atoms with Crippen molar-refractivity contribution in [1.29, 1.82) is 0 Å². The summed E-state index contributed by atoms with van der Waals surface area (Å²) in [5.74, 6) is -0.364. The van der Waals surface area contributed by atoms with Crippen molar-refractivity contribution in [2.75, 3.05) is 18.8 Å². The van der Waals surface area contributed by atoms with Crippen LogP contribution in [0.15, 0.2) is 89.1 Å². The van der Waals surface area contributed by atoms with Crippen molar-refractivity contribution in [3.8, 4) is 0 Å². The third kappa shape index (κ3) is 4.64. The first kappa shape index (κ1) is 21.0. The van der Waals surface area contributed by atoms with Gasteiger partial charge in [0, 0.05) is 42.5 Å². The van der Waals surface area contributed by atoms with Gasteiger partial charge in [-0.15, -0.1) is 0 Å². The van der Waals surface area contributed by atoms with Gasteiger partial charge in [-0.2, -0.15) is 0 Å². The maximum absolute atomic E-state index is 13.3. The molecule has 0 aliphatic rings. The van der Waals surface area contributed by atoms with Crippen molar-refractivity contribution in [3.63, 3.8) is 0 Å². The van der Waals surface area contributed by atoms with E-state index in [1.165, 1.54) is 36.7 Å². The van der Waals surface area contributed by atoms with E-state index in [0.29, 0.717) is 10.8 Å². The SMILES string of the molecule is NCC=CN(CCS(=O)(=O)c1ccccc1)S(=O)(=O)c1cccc2cnccc12. The fourth-order valence-electron chi connectivity index (χ4n) is 2.85. The van der Waals surface area contributed by atoms with Gasteiger partial charge in [-0.3, -0.25) is 9.29 Å². The number of sulfonamides is 1. The van der Waals surface area contributed by atoms with Gasteiger partial charge in [0.15, 0.2) is 9.84 Å². The number of nitrogens with two attached hydrogens (primary N) is 1. The van der Waals surface area contributed by atoms with E-state index < -0.39 is 19.9 Å². The molecule has 7 nitrogen and oxygen atoms in total. The average molecular weight is 432 g/mol. The molecule has 0 atom stereocenters. The van der Waals surface area contributed by atoms with Crippen LogP contribution >= 0.6 is 0 Å². The van der Waals surface area contributed by atoms with Crippen LogP contribution in [0.25, 0.3) is 10.8 Å². The minimum absolute atomic E-state index is 0.0798. The Morgan fingerprint density at radius 2 is 1.72 bits per heavy atom. The Bertz CT molecular complexity index is 1220. The third-order valence-corrected chi connectivity index (χ3v) is 7.86. The normalized spacial score (nSPS) is 12.4. The summed E-state index contributed by atoms with van der Waals surface area (Å²) in [4.78, 5) is 4.24. The topological polar surface area (TPSA) is 110 Å². The fourth-order valence-corrected chi connectivity index (χ4v) is 5.76. The first-order chi connectivity index (χ1) is 13.9. The Balaban J connectivity index is 1.97. The molecule has 152 valence electrons. The molecule has 0 unspecified atom stereocenters. The number of hydrogen-bond acceptors (Lipinski definition) is 6. The first-order valence-corrected chi connectivity index (χ1v) is 11.9. The van der Waals surface area contributed by atoms with Crippen LogP contribution in [0.4, 0.5) is 0 Å². The predicted octanol–water partition coefficient (Wildman–Crippen LogP) is 2.17. The third-order valence-electron chi connectivity index (χ3n) is 4.32. The van der Waals surface area contributed by atoms with Crippen LogP contribution in [0.1, 0.15) is 0 Å². The Morgan fingerprint density at radius 1 is 0.966 bits per heavy atom. The van der Waals surface area contributed by atoms with Gasteiger partial charge in [0.1, 0.15) is 0 Å². The van der Waals surface area contributed by atoms with E-state index in [0.717, 1.165) is 4.31 Å². The number of rotatable bonds is 8. The molecular formula is C20H21N3O4S2. The predicted molar refractivity (Wildman–Crippen MR) is 112 cm³/mol. The average Bonchev–Trinajstić information content (AvgIpc) is 2.73. The van der Waals surface area contributed by atoms with Gasteiger partial charge in [0.25, 0.3) is 10.0 Å². The summed E-state index contributed by atoms with van der Waals surface area (Å²) in [6.07, 6.45) is 5.88. The highest BCUT2D eigenvalue weighted by atomic mass is 32.2. The maximum Gasteiger partial charge on any atom is 0.264 e. The van der Waals surface area contributed by atoms with Crippen LogP contribution < -0.4 is 5.73 Å². The van der Waals surface area contributed by atoms with E-state index >= 15 is 0 Å². The number of fused-ring (bicyclic) bond motifs is 1. The summed E-state index contributed by atoms with van der Waals surface area (Å²) in [5.41, 5.74) is 5.49. The minimum Gasteiger partial charge on any atom is -0.327 e. The van der Waals surface area contributed by atoms with Crippen LogP contribution in [0.2, 0.25) is 0 Å². The van der Waals surface area contributed by atoms with Crippen molar-refractivity contribution < 1.29 is 16.8 Å². The van der Waals surface area contributed by atoms with Gasteiger partial charge in [0.2, 0.25) is 0 Å². The van der Waals surface area contributed by atoms with Crippen LogP contribution in [0.5, 0.6) is 0 Å². The number of aromatic nitrogens is 1. The lowest BCUT2D eigenvalue weighted by molar-refractivity contribution is 0.509. The van der Waals surface area contributed by atoms with Crippen LogP contribution in [-0.2, 0) is 19.9 Å².